The van der Waals surface area contributed by atoms with Crippen LogP contribution in [-0.4, -0.2) is 69.7 Å². The molecule has 9 nitrogen and oxygen atoms in total. The monoisotopic (exact) mass is 421 g/mol. The number of hydrogen-bond donors (Lipinski definition) is 1. The summed E-state index contributed by atoms with van der Waals surface area (Å²) in [5, 5.41) is 6.66. The largest absolute Gasteiger partial charge is 0.369 e. The number of nitrogens with one attached hydrogen (secondary N) is 1. The Morgan fingerprint density at radius 1 is 1.29 bits per heavy atom. The summed E-state index contributed by atoms with van der Waals surface area (Å²) in [5.74, 6) is -0.160. The maximum absolute atomic E-state index is 12.3. The lowest BCUT2D eigenvalue weighted by Gasteiger charge is -2.41. The zero-order valence-electron chi connectivity index (χ0n) is 17.9. The van der Waals surface area contributed by atoms with Gasteiger partial charge in [0.05, 0.1) is 0 Å². The summed E-state index contributed by atoms with van der Waals surface area (Å²) in [6.45, 7) is 8.89. The predicted octanol–water partition coefficient (Wildman–Crippen LogP) is 2.17. The second-order valence-corrected chi connectivity index (χ2v) is 7.80. The van der Waals surface area contributed by atoms with Crippen molar-refractivity contribution in [1.82, 2.24) is 30.3 Å². The van der Waals surface area contributed by atoms with E-state index in [1.807, 2.05) is 0 Å². The zero-order chi connectivity index (χ0) is 21.6. The van der Waals surface area contributed by atoms with Crippen LogP contribution in [0.3, 0.4) is 0 Å². The van der Waals surface area contributed by atoms with E-state index in [0.29, 0.717) is 18.3 Å². The molecule has 9 heteroatoms. The van der Waals surface area contributed by atoms with Gasteiger partial charge in [-0.05, 0) is 44.0 Å². The first kappa shape index (κ1) is 20.9. The van der Waals surface area contributed by atoms with Crippen LogP contribution in [0.25, 0.3) is 11.5 Å². The van der Waals surface area contributed by atoms with E-state index >= 15 is 0 Å². The van der Waals surface area contributed by atoms with Crippen molar-refractivity contribution in [1.29, 1.82) is 0 Å². The van der Waals surface area contributed by atoms with Crippen molar-refractivity contribution >= 4 is 11.6 Å². The van der Waals surface area contributed by atoms with E-state index in [9.17, 15) is 4.79 Å². The second-order valence-electron chi connectivity index (χ2n) is 7.80. The minimum absolute atomic E-state index is 0.0613. The minimum atomic E-state index is -0.370. The third kappa shape index (κ3) is 5.24. The molecule has 3 heterocycles. The Bertz CT molecular complexity index is 1010. The van der Waals surface area contributed by atoms with Crippen LogP contribution in [0.1, 0.15) is 29.6 Å². The quantitative estimate of drug-likeness (QED) is 0.580. The number of carbonyl (C=O) groups excluding carboxylic acids is 1. The lowest BCUT2D eigenvalue weighted by atomic mass is 10.1. The molecule has 4 rings (SSSR count). The Kier molecular flexibility index (Phi) is 6.51. The topological polar surface area (TPSA) is 100 Å². The van der Waals surface area contributed by atoms with Crippen molar-refractivity contribution in [3.63, 3.8) is 0 Å². The van der Waals surface area contributed by atoms with Gasteiger partial charge in [0, 0.05) is 50.6 Å². The highest BCUT2D eigenvalue weighted by Crippen LogP contribution is 2.20. The molecule has 0 bridgehead atoms. The highest BCUT2D eigenvalue weighted by molar-refractivity contribution is 5.89. The summed E-state index contributed by atoms with van der Waals surface area (Å²) in [6.07, 6.45) is 3.83. The highest BCUT2D eigenvalue weighted by atomic mass is 16.5. The number of rotatable bonds is 7. The molecule has 1 amide bonds. The fraction of sp³-hybridized carbons (Fsp3) is 0.409. The Morgan fingerprint density at radius 3 is 2.97 bits per heavy atom. The van der Waals surface area contributed by atoms with Crippen LogP contribution >= 0.6 is 0 Å². The number of aryl methyl sites for hydroxylation is 1. The number of anilines is 1. The normalized spacial score (nSPS) is 17.0. The average Bonchev–Trinajstić information content (AvgIpc) is 3.28. The first-order valence-electron chi connectivity index (χ1n) is 10.5. The van der Waals surface area contributed by atoms with Gasteiger partial charge < -0.3 is 14.7 Å². The lowest BCUT2D eigenvalue weighted by Crippen LogP contribution is -2.52. The zero-order valence-corrected chi connectivity index (χ0v) is 17.9. The molecule has 3 aromatic rings. The SMILES string of the molecule is Cc1cccc(N2CCN(CCCNC(=O)c3nc(-c4ccncn4)no3)[C@H](C)C2)c1. The van der Waals surface area contributed by atoms with Crippen LogP contribution in [0.2, 0.25) is 0 Å². The number of nitrogens with zero attached hydrogens (tertiary/aromatic N) is 6. The fourth-order valence-electron chi connectivity index (χ4n) is 3.79. The molecule has 1 N–H and O–H groups in total. The Labute approximate surface area is 181 Å². The molecule has 1 aliphatic rings. The molecule has 1 saturated heterocycles. The molecule has 0 radical (unpaired) electrons. The van der Waals surface area contributed by atoms with Crippen molar-refractivity contribution in [2.45, 2.75) is 26.3 Å². The summed E-state index contributed by atoms with van der Waals surface area (Å²) in [6, 6.07) is 10.8. The van der Waals surface area contributed by atoms with E-state index in [4.69, 9.17) is 4.52 Å². The molecule has 2 aromatic heterocycles. The van der Waals surface area contributed by atoms with E-state index in [2.05, 4.69) is 73.3 Å². The Hall–Kier alpha value is -3.33. The highest BCUT2D eigenvalue weighted by Gasteiger charge is 2.23. The van der Waals surface area contributed by atoms with E-state index < -0.39 is 0 Å². The van der Waals surface area contributed by atoms with Gasteiger partial charge in [-0.3, -0.25) is 9.69 Å². The van der Waals surface area contributed by atoms with Gasteiger partial charge in [0.15, 0.2) is 0 Å². The summed E-state index contributed by atoms with van der Waals surface area (Å²) >= 11 is 0. The molecule has 0 saturated carbocycles. The molecule has 162 valence electrons. The molecule has 1 fully saturated rings. The van der Waals surface area contributed by atoms with Crippen LogP contribution in [0, 0.1) is 6.92 Å². The third-order valence-electron chi connectivity index (χ3n) is 5.47. The van der Waals surface area contributed by atoms with Gasteiger partial charge in [-0.15, -0.1) is 0 Å². The van der Waals surface area contributed by atoms with Gasteiger partial charge in [-0.2, -0.15) is 4.98 Å². The Morgan fingerprint density at radius 2 is 2.19 bits per heavy atom. The van der Waals surface area contributed by atoms with Gasteiger partial charge >= 0.3 is 11.8 Å². The number of amides is 1. The number of benzene rings is 1. The first-order valence-corrected chi connectivity index (χ1v) is 10.5. The first-order chi connectivity index (χ1) is 15.1. The van der Waals surface area contributed by atoms with Gasteiger partial charge in [0.25, 0.3) is 0 Å². The van der Waals surface area contributed by atoms with Gasteiger partial charge in [-0.1, -0.05) is 17.3 Å². The molecule has 1 aliphatic heterocycles. The summed E-state index contributed by atoms with van der Waals surface area (Å²) in [4.78, 5) is 29.2. The van der Waals surface area contributed by atoms with E-state index in [1.54, 1.807) is 12.3 Å². The van der Waals surface area contributed by atoms with Crippen LogP contribution in [0.4, 0.5) is 5.69 Å². The number of hydrogen-bond acceptors (Lipinski definition) is 8. The van der Waals surface area contributed by atoms with E-state index in [1.165, 1.54) is 17.6 Å². The second kappa shape index (κ2) is 9.65. The molecular weight excluding hydrogens is 394 g/mol. The predicted molar refractivity (Wildman–Crippen MR) is 117 cm³/mol. The van der Waals surface area contributed by atoms with Crippen molar-refractivity contribution in [2.75, 3.05) is 37.6 Å². The van der Waals surface area contributed by atoms with Gasteiger partial charge in [0.2, 0.25) is 5.82 Å². The summed E-state index contributed by atoms with van der Waals surface area (Å²) in [7, 11) is 0. The molecule has 1 atom stereocenters. The maximum Gasteiger partial charge on any atom is 0.316 e. The minimum Gasteiger partial charge on any atom is -0.369 e. The van der Waals surface area contributed by atoms with Crippen molar-refractivity contribution in [2.24, 2.45) is 0 Å². The van der Waals surface area contributed by atoms with Crippen LogP contribution < -0.4 is 10.2 Å². The van der Waals surface area contributed by atoms with Crippen LogP contribution in [0.15, 0.2) is 47.4 Å². The molecule has 0 unspecified atom stereocenters. The van der Waals surface area contributed by atoms with Crippen molar-refractivity contribution in [3.05, 3.63) is 54.3 Å². The smallest absolute Gasteiger partial charge is 0.316 e. The molecule has 0 aliphatic carbocycles. The average molecular weight is 422 g/mol. The number of aromatic nitrogens is 4. The van der Waals surface area contributed by atoms with Gasteiger partial charge in [0.1, 0.15) is 12.0 Å². The standard InChI is InChI=1S/C22H27N7O2/c1-16-5-3-6-18(13-16)29-12-11-28(17(2)14-29)10-4-8-24-21(30)22-26-20(27-31-22)19-7-9-23-15-25-19/h3,5-7,9,13,15,17H,4,8,10-12,14H2,1-2H3,(H,24,30)/t17-/m1/s1. The Balaban J connectivity index is 1.21. The summed E-state index contributed by atoms with van der Waals surface area (Å²) < 4.78 is 5.06. The van der Waals surface area contributed by atoms with Crippen LogP contribution in [0.5, 0.6) is 0 Å². The molecular formula is C22H27N7O2. The number of carbonyl (C=O) groups is 1. The third-order valence-corrected chi connectivity index (χ3v) is 5.47. The van der Waals surface area contributed by atoms with E-state index in [-0.39, 0.29) is 17.6 Å². The van der Waals surface area contributed by atoms with Gasteiger partial charge in [-0.25, -0.2) is 9.97 Å². The van der Waals surface area contributed by atoms with Crippen molar-refractivity contribution in [3.8, 4) is 11.5 Å². The maximum atomic E-state index is 12.3. The van der Waals surface area contributed by atoms with Crippen LogP contribution in [-0.2, 0) is 0 Å². The molecule has 31 heavy (non-hydrogen) atoms. The van der Waals surface area contributed by atoms with Crippen molar-refractivity contribution < 1.29 is 9.32 Å². The molecule has 1 aromatic carbocycles. The fourth-order valence-corrected chi connectivity index (χ4v) is 3.79. The lowest BCUT2D eigenvalue weighted by molar-refractivity contribution is 0.0906. The molecule has 0 spiro atoms. The number of piperazine rings is 1. The summed E-state index contributed by atoms with van der Waals surface area (Å²) in [5.41, 5.74) is 3.09. The van der Waals surface area contributed by atoms with E-state index in [0.717, 1.165) is 32.6 Å².